The lowest BCUT2D eigenvalue weighted by Crippen LogP contribution is -2.18. The number of rotatable bonds is 2. The van der Waals surface area contributed by atoms with Gasteiger partial charge in [0, 0.05) is 14.1 Å². The van der Waals surface area contributed by atoms with E-state index in [0.29, 0.717) is 17.7 Å². The fourth-order valence-corrected chi connectivity index (χ4v) is 0.783. The van der Waals surface area contributed by atoms with Crippen LogP contribution in [-0.2, 0) is 0 Å². The topological polar surface area (TPSA) is 58.5 Å². The van der Waals surface area contributed by atoms with Crippen LogP contribution in [0.5, 0.6) is 0 Å². The molecule has 1 aromatic rings. The van der Waals surface area contributed by atoms with Gasteiger partial charge in [-0.25, -0.2) is 15.0 Å². The number of carbonyl (C=O) groups excluding carboxylic acids is 1. The molecule has 0 saturated heterocycles. The number of hydrogen-bond donors (Lipinski definition) is 0. The number of aldehydes is 1. The predicted molar refractivity (Wildman–Crippen MR) is 65.2 cm³/mol. The molecule has 1 rings (SSSR count). The van der Waals surface area contributed by atoms with Gasteiger partial charge in [0.1, 0.15) is 23.5 Å². The first-order valence-corrected chi connectivity index (χ1v) is 5.13. The third-order valence-corrected chi connectivity index (χ3v) is 1.76. The first-order valence-electron chi connectivity index (χ1n) is 5.13. The molecule has 0 aromatic carbocycles. The maximum Gasteiger partial charge on any atom is 0.170 e. The summed E-state index contributed by atoms with van der Waals surface area (Å²) in [5, 5.41) is 0. The van der Waals surface area contributed by atoms with Crippen LogP contribution in [0.4, 0.5) is 5.69 Å². The number of amidine groups is 1. The third-order valence-electron chi connectivity index (χ3n) is 1.76. The van der Waals surface area contributed by atoms with Crippen LogP contribution in [-0.4, -0.2) is 41.1 Å². The summed E-state index contributed by atoms with van der Waals surface area (Å²) in [5.74, 6) is 0.794. The van der Waals surface area contributed by atoms with Crippen LogP contribution in [0.1, 0.15) is 31.3 Å². The normalized spacial score (nSPS) is 10.2. The van der Waals surface area contributed by atoms with E-state index in [-0.39, 0.29) is 0 Å². The average Bonchev–Trinajstić information content (AvgIpc) is 2.32. The van der Waals surface area contributed by atoms with Crippen molar-refractivity contribution in [1.82, 2.24) is 14.9 Å². The maximum absolute atomic E-state index is 10.6. The Morgan fingerprint density at radius 1 is 1.44 bits per heavy atom. The van der Waals surface area contributed by atoms with Gasteiger partial charge in [0.2, 0.25) is 0 Å². The molecule has 0 bridgehead atoms. The van der Waals surface area contributed by atoms with E-state index in [4.69, 9.17) is 0 Å². The molecular formula is C11H18N4O. The molecule has 0 amide bonds. The monoisotopic (exact) mass is 222 g/mol. The van der Waals surface area contributed by atoms with Gasteiger partial charge >= 0.3 is 0 Å². The number of hydrogen-bond acceptors (Lipinski definition) is 4. The highest BCUT2D eigenvalue weighted by atomic mass is 16.1. The Labute approximate surface area is 96.2 Å². The highest BCUT2D eigenvalue weighted by Crippen LogP contribution is 2.12. The van der Waals surface area contributed by atoms with E-state index in [1.807, 2.05) is 39.8 Å². The predicted octanol–water partition coefficient (Wildman–Crippen LogP) is 1.93. The van der Waals surface area contributed by atoms with Crippen molar-refractivity contribution in [3.05, 3.63) is 18.2 Å². The molecule has 1 aromatic heterocycles. The zero-order valence-corrected chi connectivity index (χ0v) is 10.4. The molecule has 0 N–H and O–H groups in total. The van der Waals surface area contributed by atoms with Gasteiger partial charge in [0.15, 0.2) is 6.29 Å². The van der Waals surface area contributed by atoms with Crippen LogP contribution in [0.2, 0.25) is 0 Å². The molecule has 0 fully saturated rings. The molecule has 0 aliphatic rings. The van der Waals surface area contributed by atoms with Crippen molar-refractivity contribution in [1.29, 1.82) is 0 Å². The van der Waals surface area contributed by atoms with E-state index in [1.54, 1.807) is 0 Å². The number of nitrogens with zero attached hydrogens (tertiary/aromatic N) is 4. The molecule has 0 aliphatic carbocycles. The van der Waals surface area contributed by atoms with E-state index in [9.17, 15) is 4.79 Å². The van der Waals surface area contributed by atoms with Gasteiger partial charge in [-0.05, 0) is 6.92 Å². The molecule has 5 heteroatoms. The molecule has 16 heavy (non-hydrogen) atoms. The lowest BCUT2D eigenvalue weighted by Gasteiger charge is -2.10. The van der Waals surface area contributed by atoms with E-state index in [2.05, 4.69) is 15.0 Å². The van der Waals surface area contributed by atoms with Crippen molar-refractivity contribution >= 4 is 17.8 Å². The minimum atomic E-state index is 0.307. The molecule has 0 atom stereocenters. The first kappa shape index (κ1) is 14.2. The largest absolute Gasteiger partial charge is 0.366 e. The van der Waals surface area contributed by atoms with Gasteiger partial charge < -0.3 is 4.90 Å². The van der Waals surface area contributed by atoms with Crippen molar-refractivity contribution in [2.75, 3.05) is 14.1 Å². The maximum atomic E-state index is 10.6. The molecule has 5 nitrogen and oxygen atoms in total. The summed E-state index contributed by atoms with van der Waals surface area (Å²) in [7, 11) is 3.76. The standard InChI is InChI=1S/C9H12N4O.C2H6/c1-7(13(2)3)12-8-4-10-6-11-9(8)5-14;1-2/h4-6H,1-3H3;1-2H3. The lowest BCUT2D eigenvalue weighted by molar-refractivity contribution is 0.111. The van der Waals surface area contributed by atoms with Gasteiger partial charge in [0.25, 0.3) is 0 Å². The quantitative estimate of drug-likeness (QED) is 0.436. The average molecular weight is 222 g/mol. The summed E-state index contributed by atoms with van der Waals surface area (Å²) in [6.07, 6.45) is 3.51. The molecule has 0 unspecified atom stereocenters. The summed E-state index contributed by atoms with van der Waals surface area (Å²) in [4.78, 5) is 24.3. The highest BCUT2D eigenvalue weighted by molar-refractivity contribution is 5.86. The van der Waals surface area contributed by atoms with E-state index >= 15 is 0 Å². The summed E-state index contributed by atoms with van der Waals surface area (Å²) >= 11 is 0. The fourth-order valence-electron chi connectivity index (χ4n) is 0.783. The Bertz CT molecular complexity index is 361. The molecule has 1 heterocycles. The minimum absolute atomic E-state index is 0.307. The third kappa shape index (κ3) is 4.16. The summed E-state index contributed by atoms with van der Waals surface area (Å²) < 4.78 is 0. The van der Waals surface area contributed by atoms with Crippen molar-refractivity contribution in [3.8, 4) is 0 Å². The Morgan fingerprint density at radius 3 is 2.56 bits per heavy atom. The van der Waals surface area contributed by atoms with E-state index < -0.39 is 0 Å². The van der Waals surface area contributed by atoms with Crippen LogP contribution >= 0.6 is 0 Å². The van der Waals surface area contributed by atoms with Crippen molar-refractivity contribution in [2.45, 2.75) is 20.8 Å². The van der Waals surface area contributed by atoms with Crippen LogP contribution < -0.4 is 0 Å². The highest BCUT2D eigenvalue weighted by Gasteiger charge is 2.02. The van der Waals surface area contributed by atoms with Crippen molar-refractivity contribution in [2.24, 2.45) is 4.99 Å². The first-order chi connectivity index (χ1) is 7.65. The van der Waals surface area contributed by atoms with Gasteiger partial charge in [0.05, 0.1) is 6.20 Å². The molecule has 0 aliphatic heterocycles. The SMILES string of the molecule is CC.CC(=Nc1cncnc1C=O)N(C)C. The van der Waals surface area contributed by atoms with Crippen molar-refractivity contribution in [3.63, 3.8) is 0 Å². The molecule has 0 spiro atoms. The fraction of sp³-hybridized carbons (Fsp3) is 0.455. The van der Waals surface area contributed by atoms with Crippen molar-refractivity contribution < 1.29 is 4.79 Å². The van der Waals surface area contributed by atoms with Gasteiger partial charge in [-0.2, -0.15) is 0 Å². The van der Waals surface area contributed by atoms with Gasteiger partial charge in [-0.3, -0.25) is 4.79 Å². The second-order valence-corrected chi connectivity index (χ2v) is 2.96. The second-order valence-electron chi connectivity index (χ2n) is 2.96. The Morgan fingerprint density at radius 2 is 2.06 bits per heavy atom. The molecular weight excluding hydrogens is 204 g/mol. The van der Waals surface area contributed by atoms with Crippen LogP contribution in [0, 0.1) is 0 Å². The van der Waals surface area contributed by atoms with Crippen LogP contribution in [0.15, 0.2) is 17.5 Å². The smallest absolute Gasteiger partial charge is 0.170 e. The van der Waals surface area contributed by atoms with E-state index in [0.717, 1.165) is 5.84 Å². The summed E-state index contributed by atoms with van der Waals surface area (Å²) in [5.41, 5.74) is 0.801. The van der Waals surface area contributed by atoms with Gasteiger partial charge in [-0.1, -0.05) is 13.8 Å². The molecule has 88 valence electrons. The Balaban J connectivity index is 0.00000106. The molecule has 0 radical (unpaired) electrons. The molecule has 0 saturated carbocycles. The minimum Gasteiger partial charge on any atom is -0.366 e. The zero-order valence-electron chi connectivity index (χ0n) is 10.4. The number of aromatic nitrogens is 2. The Kier molecular flexibility index (Phi) is 6.67. The lowest BCUT2D eigenvalue weighted by atomic mass is 10.4. The van der Waals surface area contributed by atoms with Crippen LogP contribution in [0.25, 0.3) is 0 Å². The zero-order chi connectivity index (χ0) is 12.6. The second kappa shape index (κ2) is 7.50. The summed E-state index contributed by atoms with van der Waals surface area (Å²) in [6.45, 7) is 5.85. The van der Waals surface area contributed by atoms with Gasteiger partial charge in [-0.15, -0.1) is 0 Å². The Hall–Kier alpha value is -1.78. The van der Waals surface area contributed by atoms with E-state index in [1.165, 1.54) is 12.5 Å². The van der Waals surface area contributed by atoms with Crippen LogP contribution in [0.3, 0.4) is 0 Å². The summed E-state index contributed by atoms with van der Waals surface area (Å²) in [6, 6.07) is 0. The number of aliphatic imine (C=N–C) groups is 1. The number of carbonyl (C=O) groups is 1.